The molecule has 0 saturated carbocycles. The van der Waals surface area contributed by atoms with Crippen LogP contribution < -0.4 is 16.0 Å². The molecule has 3 aromatic carbocycles. The number of anilines is 3. The normalized spacial score (nSPS) is 10.3. The zero-order chi connectivity index (χ0) is 20.6. The van der Waals surface area contributed by atoms with Crippen molar-refractivity contribution < 1.29 is 14.0 Å². The van der Waals surface area contributed by atoms with Gasteiger partial charge in [0.05, 0.1) is 18.7 Å². The van der Waals surface area contributed by atoms with Crippen molar-refractivity contribution in [2.24, 2.45) is 0 Å². The van der Waals surface area contributed by atoms with E-state index in [1.165, 1.54) is 18.2 Å². The number of hydrogen-bond donors (Lipinski definition) is 3. The maximum absolute atomic E-state index is 14.1. The number of halogens is 2. The van der Waals surface area contributed by atoms with Crippen LogP contribution in [-0.2, 0) is 16.0 Å². The van der Waals surface area contributed by atoms with Gasteiger partial charge in [-0.25, -0.2) is 4.39 Å². The van der Waals surface area contributed by atoms with E-state index in [1.807, 2.05) is 30.3 Å². The van der Waals surface area contributed by atoms with Gasteiger partial charge in [0.1, 0.15) is 5.82 Å². The summed E-state index contributed by atoms with van der Waals surface area (Å²) in [5.74, 6) is -1.17. The molecule has 7 heteroatoms. The van der Waals surface area contributed by atoms with Crippen LogP contribution in [0.3, 0.4) is 0 Å². The summed E-state index contributed by atoms with van der Waals surface area (Å²) in [5.41, 5.74) is 1.96. The van der Waals surface area contributed by atoms with Gasteiger partial charge in [0.2, 0.25) is 11.8 Å². The van der Waals surface area contributed by atoms with Crippen molar-refractivity contribution in [2.75, 3.05) is 22.5 Å². The van der Waals surface area contributed by atoms with Crippen LogP contribution in [0.2, 0.25) is 5.02 Å². The van der Waals surface area contributed by atoms with Crippen molar-refractivity contribution in [2.45, 2.75) is 6.42 Å². The van der Waals surface area contributed by atoms with E-state index < -0.39 is 5.82 Å². The molecular weight excluding hydrogens is 393 g/mol. The fourth-order valence-electron chi connectivity index (χ4n) is 2.66. The fourth-order valence-corrected chi connectivity index (χ4v) is 2.85. The first-order valence-corrected chi connectivity index (χ1v) is 9.30. The number of nitrogens with one attached hydrogen (secondary N) is 3. The minimum atomic E-state index is -0.555. The Morgan fingerprint density at radius 3 is 2.38 bits per heavy atom. The van der Waals surface area contributed by atoms with Gasteiger partial charge in [0, 0.05) is 16.4 Å². The van der Waals surface area contributed by atoms with E-state index in [4.69, 9.17) is 11.6 Å². The molecule has 0 unspecified atom stereocenters. The Morgan fingerprint density at radius 1 is 0.828 bits per heavy atom. The molecule has 5 nitrogen and oxygen atoms in total. The largest absolute Gasteiger partial charge is 0.376 e. The Balaban J connectivity index is 1.57. The van der Waals surface area contributed by atoms with Gasteiger partial charge >= 0.3 is 0 Å². The van der Waals surface area contributed by atoms with E-state index in [9.17, 15) is 14.0 Å². The second-order valence-electron chi connectivity index (χ2n) is 6.32. The van der Waals surface area contributed by atoms with Gasteiger partial charge in [0.25, 0.3) is 0 Å². The molecular formula is C22H19ClFN3O2. The summed E-state index contributed by atoms with van der Waals surface area (Å²) in [7, 11) is 0. The van der Waals surface area contributed by atoms with Crippen molar-refractivity contribution in [1.82, 2.24) is 0 Å². The molecule has 0 saturated heterocycles. The predicted octanol–water partition coefficient (Wildman–Crippen LogP) is 4.71. The summed E-state index contributed by atoms with van der Waals surface area (Å²) >= 11 is 5.89. The number of amides is 2. The molecule has 0 atom stereocenters. The minimum Gasteiger partial charge on any atom is -0.376 e. The highest BCUT2D eigenvalue weighted by molar-refractivity contribution is 6.30. The van der Waals surface area contributed by atoms with E-state index in [2.05, 4.69) is 16.0 Å². The van der Waals surface area contributed by atoms with Crippen LogP contribution in [0.5, 0.6) is 0 Å². The lowest BCUT2D eigenvalue weighted by atomic mass is 10.1. The lowest BCUT2D eigenvalue weighted by molar-refractivity contribution is -0.116. The summed E-state index contributed by atoms with van der Waals surface area (Å²) in [6.07, 6.45) is 0.139. The van der Waals surface area contributed by atoms with Crippen LogP contribution in [0.25, 0.3) is 0 Å². The number of benzene rings is 3. The quantitative estimate of drug-likeness (QED) is 0.527. The third-order valence-corrected chi connectivity index (χ3v) is 4.24. The molecule has 3 N–H and O–H groups in total. The first-order valence-electron chi connectivity index (χ1n) is 8.92. The predicted molar refractivity (Wildman–Crippen MR) is 114 cm³/mol. The molecule has 3 aromatic rings. The summed E-state index contributed by atoms with van der Waals surface area (Å²) in [6.45, 7) is -0.0322. The number of carbonyl (C=O) groups excluding carboxylic acids is 2. The van der Waals surface area contributed by atoms with E-state index in [0.29, 0.717) is 16.4 Å². The molecule has 0 fully saturated rings. The molecule has 0 spiro atoms. The van der Waals surface area contributed by atoms with Crippen LogP contribution in [0.1, 0.15) is 5.56 Å². The van der Waals surface area contributed by atoms with Crippen LogP contribution in [0, 0.1) is 5.82 Å². The fraction of sp³-hybridized carbons (Fsp3) is 0.0909. The maximum Gasteiger partial charge on any atom is 0.243 e. The standard InChI is InChI=1S/C22H19ClFN3O2/c23-16-7-4-8-18(12-16)26-22(29)14-25-17-9-10-19(24)20(13-17)27-21(28)11-15-5-2-1-3-6-15/h1-10,12-13,25H,11,14H2,(H,26,29)(H,27,28). The van der Waals surface area contributed by atoms with Crippen LogP contribution in [-0.4, -0.2) is 18.4 Å². The first kappa shape index (κ1) is 20.4. The van der Waals surface area contributed by atoms with Gasteiger partial charge < -0.3 is 16.0 Å². The second kappa shape index (κ2) is 9.71. The highest BCUT2D eigenvalue weighted by Gasteiger charge is 2.10. The Kier molecular flexibility index (Phi) is 6.81. The molecule has 0 bridgehead atoms. The van der Waals surface area contributed by atoms with Crippen molar-refractivity contribution in [1.29, 1.82) is 0 Å². The molecule has 3 rings (SSSR count). The zero-order valence-corrected chi connectivity index (χ0v) is 16.2. The van der Waals surface area contributed by atoms with E-state index in [0.717, 1.165) is 5.56 Å². The summed E-state index contributed by atoms with van der Waals surface area (Å²) in [4.78, 5) is 24.2. The Morgan fingerprint density at radius 2 is 1.62 bits per heavy atom. The lowest BCUT2D eigenvalue weighted by Crippen LogP contribution is -2.22. The Labute approximate surface area is 172 Å². The molecule has 0 aliphatic carbocycles. The average Bonchev–Trinajstić information content (AvgIpc) is 2.69. The van der Waals surface area contributed by atoms with Crippen molar-refractivity contribution >= 4 is 40.5 Å². The first-order chi connectivity index (χ1) is 14.0. The van der Waals surface area contributed by atoms with Gasteiger partial charge in [0.15, 0.2) is 0 Å². The van der Waals surface area contributed by atoms with Crippen molar-refractivity contribution in [3.05, 3.63) is 89.2 Å². The topological polar surface area (TPSA) is 70.2 Å². The smallest absolute Gasteiger partial charge is 0.243 e. The molecule has 0 aromatic heterocycles. The van der Waals surface area contributed by atoms with Gasteiger partial charge in [-0.15, -0.1) is 0 Å². The molecule has 2 amide bonds. The van der Waals surface area contributed by atoms with Gasteiger partial charge in [-0.3, -0.25) is 9.59 Å². The van der Waals surface area contributed by atoms with Crippen LogP contribution in [0.15, 0.2) is 72.8 Å². The van der Waals surface area contributed by atoms with Gasteiger partial charge in [-0.2, -0.15) is 0 Å². The summed E-state index contributed by atoms with van der Waals surface area (Å²) in [5, 5.41) is 8.70. The summed E-state index contributed by atoms with van der Waals surface area (Å²) < 4.78 is 14.1. The maximum atomic E-state index is 14.1. The van der Waals surface area contributed by atoms with Crippen LogP contribution in [0.4, 0.5) is 21.5 Å². The second-order valence-corrected chi connectivity index (χ2v) is 6.75. The van der Waals surface area contributed by atoms with E-state index >= 15 is 0 Å². The van der Waals surface area contributed by atoms with Crippen LogP contribution >= 0.6 is 11.6 Å². The lowest BCUT2D eigenvalue weighted by Gasteiger charge is -2.11. The highest BCUT2D eigenvalue weighted by atomic mass is 35.5. The molecule has 148 valence electrons. The highest BCUT2D eigenvalue weighted by Crippen LogP contribution is 2.20. The monoisotopic (exact) mass is 411 g/mol. The van der Waals surface area contributed by atoms with Crippen molar-refractivity contribution in [3.8, 4) is 0 Å². The number of carbonyl (C=O) groups is 2. The summed E-state index contributed by atoms with van der Waals surface area (Å²) in [6, 6.07) is 20.2. The number of hydrogen-bond acceptors (Lipinski definition) is 3. The average molecular weight is 412 g/mol. The van der Waals surface area contributed by atoms with Gasteiger partial charge in [-0.05, 0) is 42.0 Å². The van der Waals surface area contributed by atoms with Crippen molar-refractivity contribution in [3.63, 3.8) is 0 Å². The number of rotatable bonds is 7. The molecule has 0 aliphatic rings. The Bertz CT molecular complexity index is 1010. The minimum absolute atomic E-state index is 0.0322. The van der Waals surface area contributed by atoms with Gasteiger partial charge in [-0.1, -0.05) is 48.0 Å². The third-order valence-electron chi connectivity index (χ3n) is 4.01. The molecule has 0 radical (unpaired) electrons. The molecule has 29 heavy (non-hydrogen) atoms. The Hall–Kier alpha value is -3.38. The third kappa shape index (κ3) is 6.33. The SMILES string of the molecule is O=C(CNc1ccc(F)c(NC(=O)Cc2ccccc2)c1)Nc1cccc(Cl)c1. The van der Waals surface area contributed by atoms with E-state index in [1.54, 1.807) is 24.3 Å². The molecule has 0 aliphatic heterocycles. The van der Waals surface area contributed by atoms with E-state index in [-0.39, 0.29) is 30.5 Å². The molecule has 0 heterocycles. The zero-order valence-electron chi connectivity index (χ0n) is 15.4.